The molecule has 0 radical (unpaired) electrons. The highest BCUT2D eigenvalue weighted by Gasteiger charge is 2.13. The van der Waals surface area contributed by atoms with Gasteiger partial charge in [0.25, 0.3) is 0 Å². The SMILES string of the molecule is O=C(/C=C/c1ccc(CNS(=O)(=O)c2ccccc2)o1)NCc1ccncc1. The van der Waals surface area contributed by atoms with Crippen molar-refractivity contribution in [2.45, 2.75) is 18.0 Å². The molecular weight excluding hydrogens is 378 g/mol. The quantitative estimate of drug-likeness (QED) is 0.569. The lowest BCUT2D eigenvalue weighted by atomic mass is 10.2. The Morgan fingerprint density at radius 3 is 2.50 bits per heavy atom. The summed E-state index contributed by atoms with van der Waals surface area (Å²) in [5.41, 5.74) is 0.947. The molecule has 144 valence electrons. The van der Waals surface area contributed by atoms with Crippen LogP contribution in [0.1, 0.15) is 17.1 Å². The molecule has 0 aliphatic rings. The van der Waals surface area contributed by atoms with Crippen LogP contribution in [0.3, 0.4) is 0 Å². The number of hydrogen-bond donors (Lipinski definition) is 2. The van der Waals surface area contributed by atoms with Gasteiger partial charge in [-0.3, -0.25) is 9.78 Å². The summed E-state index contributed by atoms with van der Waals surface area (Å²) in [6, 6.07) is 15.1. The van der Waals surface area contributed by atoms with Crippen molar-refractivity contribution in [1.29, 1.82) is 0 Å². The number of carbonyl (C=O) groups excluding carboxylic acids is 1. The van der Waals surface area contributed by atoms with Crippen LogP contribution in [0.2, 0.25) is 0 Å². The molecule has 0 saturated carbocycles. The predicted molar refractivity (Wildman–Crippen MR) is 104 cm³/mol. The number of benzene rings is 1. The van der Waals surface area contributed by atoms with E-state index in [9.17, 15) is 13.2 Å². The van der Waals surface area contributed by atoms with Gasteiger partial charge in [-0.1, -0.05) is 18.2 Å². The van der Waals surface area contributed by atoms with Crippen LogP contribution >= 0.6 is 0 Å². The van der Waals surface area contributed by atoms with Gasteiger partial charge in [-0.2, -0.15) is 0 Å². The third-order valence-electron chi connectivity index (χ3n) is 3.79. The molecule has 2 heterocycles. The van der Waals surface area contributed by atoms with Crippen molar-refractivity contribution in [3.63, 3.8) is 0 Å². The lowest BCUT2D eigenvalue weighted by Crippen LogP contribution is -2.22. The van der Waals surface area contributed by atoms with Gasteiger partial charge >= 0.3 is 0 Å². The summed E-state index contributed by atoms with van der Waals surface area (Å²) in [6.07, 6.45) is 6.20. The number of sulfonamides is 1. The van der Waals surface area contributed by atoms with E-state index in [1.807, 2.05) is 12.1 Å². The Morgan fingerprint density at radius 2 is 1.75 bits per heavy atom. The maximum absolute atomic E-state index is 12.2. The van der Waals surface area contributed by atoms with Crippen molar-refractivity contribution in [2.24, 2.45) is 0 Å². The van der Waals surface area contributed by atoms with Gasteiger partial charge in [0, 0.05) is 25.0 Å². The van der Waals surface area contributed by atoms with Crippen LogP contribution in [0, 0.1) is 0 Å². The average molecular weight is 397 g/mol. The maximum Gasteiger partial charge on any atom is 0.244 e. The maximum atomic E-state index is 12.2. The average Bonchev–Trinajstić information content (AvgIpc) is 3.19. The minimum absolute atomic E-state index is 0.0132. The van der Waals surface area contributed by atoms with Crippen LogP contribution in [0.5, 0.6) is 0 Å². The number of rotatable bonds is 8. The zero-order chi connectivity index (χ0) is 19.8. The summed E-state index contributed by atoms with van der Waals surface area (Å²) >= 11 is 0. The number of pyridine rings is 1. The number of nitrogens with zero attached hydrogens (tertiary/aromatic N) is 1. The minimum Gasteiger partial charge on any atom is -0.460 e. The van der Waals surface area contributed by atoms with Gasteiger partial charge in [-0.25, -0.2) is 13.1 Å². The highest BCUT2D eigenvalue weighted by molar-refractivity contribution is 7.89. The molecule has 2 N–H and O–H groups in total. The third kappa shape index (κ3) is 5.63. The van der Waals surface area contributed by atoms with Crippen molar-refractivity contribution in [2.75, 3.05) is 0 Å². The van der Waals surface area contributed by atoms with Gasteiger partial charge in [0.05, 0.1) is 11.4 Å². The second-order valence-corrected chi connectivity index (χ2v) is 7.62. The van der Waals surface area contributed by atoms with Gasteiger partial charge < -0.3 is 9.73 Å². The summed E-state index contributed by atoms with van der Waals surface area (Å²) in [5, 5.41) is 2.75. The highest BCUT2D eigenvalue weighted by Crippen LogP contribution is 2.12. The Morgan fingerprint density at radius 1 is 1.00 bits per heavy atom. The molecule has 0 saturated heterocycles. The first-order valence-electron chi connectivity index (χ1n) is 8.51. The van der Waals surface area contributed by atoms with Gasteiger partial charge in [0.1, 0.15) is 11.5 Å². The van der Waals surface area contributed by atoms with Gasteiger partial charge in [-0.15, -0.1) is 0 Å². The molecule has 3 rings (SSSR count). The standard InChI is InChI=1S/C20H19N3O4S/c24-20(22-14-16-10-12-21-13-11-16)9-8-17-6-7-18(27-17)15-23-28(25,26)19-4-2-1-3-5-19/h1-13,23H,14-15H2,(H,22,24)/b9-8+. The molecule has 0 fully saturated rings. The molecule has 1 amide bonds. The lowest BCUT2D eigenvalue weighted by molar-refractivity contribution is -0.116. The first-order chi connectivity index (χ1) is 13.5. The van der Waals surface area contributed by atoms with E-state index in [4.69, 9.17) is 4.42 Å². The monoisotopic (exact) mass is 397 g/mol. The van der Waals surface area contributed by atoms with Crippen LogP contribution in [0.15, 0.2) is 82.4 Å². The van der Waals surface area contributed by atoms with E-state index in [1.54, 1.807) is 42.7 Å². The number of furan rings is 1. The molecule has 8 heteroatoms. The summed E-state index contributed by atoms with van der Waals surface area (Å²) < 4.78 is 32.4. The Balaban J connectivity index is 1.51. The zero-order valence-electron chi connectivity index (χ0n) is 14.9. The molecule has 0 bridgehead atoms. The fourth-order valence-corrected chi connectivity index (χ4v) is 3.35. The topological polar surface area (TPSA) is 101 Å². The number of hydrogen-bond acceptors (Lipinski definition) is 5. The Kier molecular flexibility index (Phi) is 6.36. The molecule has 28 heavy (non-hydrogen) atoms. The Bertz CT molecular complexity index is 1050. The van der Waals surface area contributed by atoms with Gasteiger partial charge in [0.2, 0.25) is 15.9 Å². The van der Waals surface area contributed by atoms with E-state index >= 15 is 0 Å². The molecule has 0 aliphatic heterocycles. The number of carbonyl (C=O) groups is 1. The van der Waals surface area contributed by atoms with Crippen molar-refractivity contribution >= 4 is 22.0 Å². The van der Waals surface area contributed by atoms with E-state index in [2.05, 4.69) is 15.0 Å². The van der Waals surface area contributed by atoms with Crippen LogP contribution in [-0.2, 0) is 27.9 Å². The fraction of sp³-hybridized carbons (Fsp3) is 0.100. The van der Waals surface area contributed by atoms with E-state index < -0.39 is 10.0 Å². The normalized spacial score (nSPS) is 11.6. The van der Waals surface area contributed by atoms with E-state index in [1.165, 1.54) is 24.3 Å². The summed E-state index contributed by atoms with van der Waals surface area (Å²) in [4.78, 5) is 16.0. The number of aromatic nitrogens is 1. The Labute approximate surface area is 163 Å². The largest absolute Gasteiger partial charge is 0.460 e. The second kappa shape index (κ2) is 9.12. The fourth-order valence-electron chi connectivity index (χ4n) is 2.33. The summed E-state index contributed by atoms with van der Waals surface area (Å²) in [7, 11) is -3.61. The molecule has 0 unspecified atom stereocenters. The lowest BCUT2D eigenvalue weighted by Gasteiger charge is -2.04. The van der Waals surface area contributed by atoms with Crippen LogP contribution < -0.4 is 10.0 Å². The van der Waals surface area contributed by atoms with Crippen molar-refractivity contribution in [1.82, 2.24) is 15.0 Å². The van der Waals surface area contributed by atoms with Gasteiger partial charge in [-0.05, 0) is 48.0 Å². The molecule has 1 aromatic carbocycles. The molecule has 0 spiro atoms. The molecule has 2 aromatic heterocycles. The third-order valence-corrected chi connectivity index (χ3v) is 5.20. The van der Waals surface area contributed by atoms with Crippen molar-refractivity contribution in [3.8, 4) is 0 Å². The first kappa shape index (κ1) is 19.5. The van der Waals surface area contributed by atoms with E-state index in [0.29, 0.717) is 18.1 Å². The molecule has 7 nitrogen and oxygen atoms in total. The zero-order valence-corrected chi connectivity index (χ0v) is 15.7. The highest BCUT2D eigenvalue weighted by atomic mass is 32.2. The van der Waals surface area contributed by atoms with Crippen molar-refractivity contribution < 1.29 is 17.6 Å². The van der Waals surface area contributed by atoms with Gasteiger partial charge in [0.15, 0.2) is 0 Å². The van der Waals surface area contributed by atoms with Crippen LogP contribution in [0.4, 0.5) is 0 Å². The molecule has 0 aliphatic carbocycles. The van der Waals surface area contributed by atoms with E-state index in [0.717, 1.165) is 5.56 Å². The number of amides is 1. The smallest absolute Gasteiger partial charge is 0.244 e. The van der Waals surface area contributed by atoms with Crippen LogP contribution in [-0.4, -0.2) is 19.3 Å². The second-order valence-electron chi connectivity index (χ2n) is 5.85. The van der Waals surface area contributed by atoms with Crippen LogP contribution in [0.25, 0.3) is 6.08 Å². The number of nitrogens with one attached hydrogen (secondary N) is 2. The summed E-state index contributed by atoms with van der Waals surface area (Å²) in [6.45, 7) is 0.412. The summed E-state index contributed by atoms with van der Waals surface area (Å²) in [5.74, 6) is 0.629. The first-order valence-corrected chi connectivity index (χ1v) is 9.99. The van der Waals surface area contributed by atoms with Crippen molar-refractivity contribution in [3.05, 3.63) is 90.2 Å². The van der Waals surface area contributed by atoms with E-state index in [-0.39, 0.29) is 17.3 Å². The minimum atomic E-state index is -3.61. The predicted octanol–water partition coefficient (Wildman–Crippen LogP) is 2.48. The molecule has 3 aromatic rings. The molecular formula is C20H19N3O4S. The molecule has 0 atom stereocenters. The Hall–Kier alpha value is -3.23.